The summed E-state index contributed by atoms with van der Waals surface area (Å²) in [6.07, 6.45) is 1.52. The van der Waals surface area contributed by atoms with Crippen molar-refractivity contribution in [2.75, 3.05) is 13.1 Å². The van der Waals surface area contributed by atoms with Crippen molar-refractivity contribution in [3.8, 4) is 0 Å². The zero-order valence-electron chi connectivity index (χ0n) is 8.82. The fourth-order valence-electron chi connectivity index (χ4n) is 1.42. The van der Waals surface area contributed by atoms with Gasteiger partial charge in [0.1, 0.15) is 0 Å². The van der Waals surface area contributed by atoms with Crippen LogP contribution in [0.15, 0.2) is 17.5 Å². The molecule has 0 saturated heterocycles. The number of hydrogen-bond donors (Lipinski definition) is 0. The van der Waals surface area contributed by atoms with E-state index in [-0.39, 0.29) is 5.91 Å². The molecule has 0 fully saturated rings. The molecule has 0 aliphatic heterocycles. The van der Waals surface area contributed by atoms with Crippen molar-refractivity contribution in [2.24, 2.45) is 0 Å². The Morgan fingerprint density at radius 3 is 2.64 bits per heavy atom. The second kappa shape index (κ2) is 5.81. The molecule has 0 spiro atoms. The van der Waals surface area contributed by atoms with Crippen LogP contribution in [-0.2, 0) is 11.2 Å². The molecular formula is C11H17NOS. The average Bonchev–Trinajstić information content (AvgIpc) is 2.69. The minimum atomic E-state index is 0.267. The molecule has 14 heavy (non-hydrogen) atoms. The van der Waals surface area contributed by atoms with Gasteiger partial charge >= 0.3 is 0 Å². The largest absolute Gasteiger partial charge is 0.343 e. The lowest BCUT2D eigenvalue weighted by molar-refractivity contribution is -0.130. The number of nitrogens with zero attached hydrogens (tertiary/aromatic N) is 1. The van der Waals surface area contributed by atoms with Gasteiger partial charge in [-0.3, -0.25) is 4.79 Å². The van der Waals surface area contributed by atoms with E-state index >= 15 is 0 Å². The zero-order valence-corrected chi connectivity index (χ0v) is 9.64. The molecule has 0 aliphatic carbocycles. The van der Waals surface area contributed by atoms with Crippen LogP contribution in [0.4, 0.5) is 0 Å². The Kier molecular flexibility index (Phi) is 4.66. The van der Waals surface area contributed by atoms with Crippen LogP contribution in [0.3, 0.4) is 0 Å². The van der Waals surface area contributed by atoms with Gasteiger partial charge in [0, 0.05) is 24.4 Å². The van der Waals surface area contributed by atoms with Crippen molar-refractivity contribution < 1.29 is 4.79 Å². The number of thiophene rings is 1. The predicted molar refractivity (Wildman–Crippen MR) is 60.6 cm³/mol. The number of carbonyl (C=O) groups excluding carboxylic acids is 1. The molecule has 1 heterocycles. The molecule has 78 valence electrons. The van der Waals surface area contributed by atoms with E-state index in [1.807, 2.05) is 24.8 Å². The maximum absolute atomic E-state index is 11.6. The van der Waals surface area contributed by atoms with Crippen molar-refractivity contribution in [1.29, 1.82) is 0 Å². The van der Waals surface area contributed by atoms with Crippen LogP contribution in [0, 0.1) is 0 Å². The van der Waals surface area contributed by atoms with Gasteiger partial charge in [-0.15, -0.1) is 11.3 Å². The molecule has 0 aliphatic rings. The molecule has 1 amide bonds. The van der Waals surface area contributed by atoms with E-state index in [0.29, 0.717) is 6.42 Å². The lowest BCUT2D eigenvalue weighted by atomic mass is 10.2. The minimum Gasteiger partial charge on any atom is -0.343 e. The van der Waals surface area contributed by atoms with Crippen molar-refractivity contribution in [3.63, 3.8) is 0 Å². The minimum absolute atomic E-state index is 0.267. The van der Waals surface area contributed by atoms with Gasteiger partial charge in [0.05, 0.1) is 0 Å². The van der Waals surface area contributed by atoms with E-state index in [1.165, 1.54) is 4.88 Å². The highest BCUT2D eigenvalue weighted by Crippen LogP contribution is 2.11. The van der Waals surface area contributed by atoms with Gasteiger partial charge in [0.25, 0.3) is 0 Å². The van der Waals surface area contributed by atoms with Crippen LogP contribution in [0.1, 0.15) is 25.1 Å². The van der Waals surface area contributed by atoms with Crippen LogP contribution in [0.2, 0.25) is 0 Å². The summed E-state index contributed by atoms with van der Waals surface area (Å²) in [7, 11) is 0. The van der Waals surface area contributed by atoms with Crippen molar-refractivity contribution >= 4 is 17.2 Å². The van der Waals surface area contributed by atoms with Crippen molar-refractivity contribution in [1.82, 2.24) is 4.90 Å². The maximum Gasteiger partial charge on any atom is 0.222 e. The predicted octanol–water partition coefficient (Wildman–Crippen LogP) is 2.55. The van der Waals surface area contributed by atoms with E-state index in [9.17, 15) is 4.79 Å². The molecule has 0 saturated carbocycles. The van der Waals surface area contributed by atoms with Crippen LogP contribution in [-0.4, -0.2) is 23.9 Å². The number of rotatable bonds is 5. The number of hydrogen-bond acceptors (Lipinski definition) is 2. The second-order valence-electron chi connectivity index (χ2n) is 3.15. The van der Waals surface area contributed by atoms with Crippen LogP contribution >= 0.6 is 11.3 Å². The fraction of sp³-hybridized carbons (Fsp3) is 0.545. The van der Waals surface area contributed by atoms with E-state index in [1.54, 1.807) is 11.3 Å². The van der Waals surface area contributed by atoms with Gasteiger partial charge in [0.2, 0.25) is 5.91 Å². The van der Waals surface area contributed by atoms with E-state index < -0.39 is 0 Å². The summed E-state index contributed by atoms with van der Waals surface area (Å²) in [5, 5.41) is 2.05. The molecule has 0 aromatic carbocycles. The van der Waals surface area contributed by atoms with Crippen molar-refractivity contribution in [2.45, 2.75) is 26.7 Å². The molecule has 2 nitrogen and oxygen atoms in total. The highest BCUT2D eigenvalue weighted by molar-refractivity contribution is 7.09. The lowest BCUT2D eigenvalue weighted by Crippen LogP contribution is -2.30. The van der Waals surface area contributed by atoms with Gasteiger partial charge in [-0.2, -0.15) is 0 Å². The molecule has 1 aromatic heterocycles. The first-order valence-electron chi connectivity index (χ1n) is 5.08. The summed E-state index contributed by atoms with van der Waals surface area (Å²) in [6.45, 7) is 5.68. The van der Waals surface area contributed by atoms with Gasteiger partial charge in [-0.05, 0) is 31.7 Å². The normalized spacial score (nSPS) is 10.1. The summed E-state index contributed by atoms with van der Waals surface area (Å²) in [4.78, 5) is 14.8. The maximum atomic E-state index is 11.6. The third-order valence-corrected chi connectivity index (χ3v) is 3.22. The highest BCUT2D eigenvalue weighted by Gasteiger charge is 2.09. The first-order chi connectivity index (χ1) is 6.77. The SMILES string of the molecule is CCN(CC)C(=O)CCc1cccs1. The Balaban J connectivity index is 2.34. The van der Waals surface area contributed by atoms with E-state index in [4.69, 9.17) is 0 Å². The Bertz CT molecular complexity index is 265. The molecular weight excluding hydrogens is 194 g/mol. The molecule has 0 unspecified atom stereocenters. The summed E-state index contributed by atoms with van der Waals surface area (Å²) < 4.78 is 0. The molecule has 0 radical (unpaired) electrons. The summed E-state index contributed by atoms with van der Waals surface area (Å²) in [6, 6.07) is 4.11. The van der Waals surface area contributed by atoms with Crippen LogP contribution < -0.4 is 0 Å². The fourth-order valence-corrected chi connectivity index (χ4v) is 2.13. The summed E-state index contributed by atoms with van der Waals surface area (Å²) in [5.41, 5.74) is 0. The standard InChI is InChI=1S/C11H17NOS/c1-3-12(4-2)11(13)8-7-10-6-5-9-14-10/h5-6,9H,3-4,7-8H2,1-2H3. The molecule has 1 rings (SSSR count). The van der Waals surface area contributed by atoms with Crippen LogP contribution in [0.25, 0.3) is 0 Å². The lowest BCUT2D eigenvalue weighted by Gasteiger charge is -2.18. The first-order valence-corrected chi connectivity index (χ1v) is 5.96. The highest BCUT2D eigenvalue weighted by atomic mass is 32.1. The first kappa shape index (κ1) is 11.2. The molecule has 1 aromatic rings. The monoisotopic (exact) mass is 211 g/mol. The van der Waals surface area contributed by atoms with Crippen LogP contribution in [0.5, 0.6) is 0 Å². The summed E-state index contributed by atoms with van der Waals surface area (Å²) >= 11 is 1.72. The number of carbonyl (C=O) groups is 1. The zero-order chi connectivity index (χ0) is 10.4. The third kappa shape index (κ3) is 3.14. The number of amides is 1. The Labute approximate surface area is 89.5 Å². The van der Waals surface area contributed by atoms with Gasteiger partial charge in [0.15, 0.2) is 0 Å². The molecule has 0 atom stereocenters. The Morgan fingerprint density at radius 1 is 1.43 bits per heavy atom. The van der Waals surface area contributed by atoms with E-state index in [2.05, 4.69) is 11.4 Å². The van der Waals surface area contributed by atoms with Crippen molar-refractivity contribution in [3.05, 3.63) is 22.4 Å². The second-order valence-corrected chi connectivity index (χ2v) is 4.18. The quantitative estimate of drug-likeness (QED) is 0.733. The van der Waals surface area contributed by atoms with Gasteiger partial charge in [-0.25, -0.2) is 0 Å². The Morgan fingerprint density at radius 2 is 2.14 bits per heavy atom. The summed E-state index contributed by atoms with van der Waals surface area (Å²) in [5.74, 6) is 0.267. The van der Waals surface area contributed by atoms with Gasteiger partial charge in [-0.1, -0.05) is 6.07 Å². The molecule has 0 N–H and O–H groups in total. The average molecular weight is 211 g/mol. The molecule has 0 bridgehead atoms. The third-order valence-electron chi connectivity index (χ3n) is 2.28. The topological polar surface area (TPSA) is 20.3 Å². The molecule has 3 heteroatoms. The van der Waals surface area contributed by atoms with E-state index in [0.717, 1.165) is 19.5 Å². The smallest absolute Gasteiger partial charge is 0.222 e. The van der Waals surface area contributed by atoms with Gasteiger partial charge < -0.3 is 4.90 Å². The Hall–Kier alpha value is -0.830. The number of aryl methyl sites for hydroxylation is 1.